The monoisotopic (exact) mass is 328 g/mol. The van der Waals surface area contributed by atoms with Crippen molar-refractivity contribution in [1.82, 2.24) is 4.98 Å². The van der Waals surface area contributed by atoms with Crippen LogP contribution in [0.15, 0.2) is 18.2 Å². The number of hydrogen-bond acceptors (Lipinski definition) is 3. The van der Waals surface area contributed by atoms with Crippen LogP contribution in [0.5, 0.6) is 5.75 Å². The maximum atomic E-state index is 7.55. The van der Waals surface area contributed by atoms with Crippen molar-refractivity contribution in [2.24, 2.45) is 5.73 Å². The minimum absolute atomic E-state index is 0.140. The van der Waals surface area contributed by atoms with Gasteiger partial charge in [-0.3, -0.25) is 0 Å². The Morgan fingerprint density at radius 1 is 1.33 bits per heavy atom. The fourth-order valence-corrected chi connectivity index (χ4v) is 2.85. The number of fused-ring (bicyclic) bond motifs is 1. The van der Waals surface area contributed by atoms with Crippen molar-refractivity contribution in [2.45, 2.75) is 32.2 Å². The number of benzene rings is 1. The van der Waals surface area contributed by atoms with E-state index in [1.807, 2.05) is 0 Å². The molecule has 0 unspecified atom stereocenters. The molecule has 0 amide bonds. The number of H-pyrrole nitrogens is 1. The first-order valence-corrected chi connectivity index (χ1v) is 11.0. The van der Waals surface area contributed by atoms with Crippen LogP contribution in [0, 0.1) is 0 Å². The highest BCUT2D eigenvalue weighted by molar-refractivity contribution is 6.76. The molecule has 0 aliphatic heterocycles. The van der Waals surface area contributed by atoms with E-state index in [2.05, 4.69) is 24.6 Å². The molecule has 0 aliphatic carbocycles. The third-order valence-electron chi connectivity index (χ3n) is 3.12. The molecule has 0 atom stereocenters. The molecular weight excluding hydrogens is 304 g/mol. The van der Waals surface area contributed by atoms with Crippen molar-refractivity contribution in [1.29, 1.82) is 0 Å². The average Bonchev–Trinajstić information content (AvgIpc) is 2.79. The molecule has 0 aliphatic rings. The highest BCUT2D eigenvalue weighted by Gasteiger charge is 2.12. The van der Waals surface area contributed by atoms with Crippen LogP contribution in [-0.4, -0.2) is 26.5 Å². The van der Waals surface area contributed by atoms with Crippen molar-refractivity contribution in [3.8, 4) is 5.75 Å². The number of aromatic amines is 1. The zero-order valence-corrected chi connectivity index (χ0v) is 14.4. The third-order valence-corrected chi connectivity index (χ3v) is 5.12. The number of nitrogens with one attached hydrogen (secondary N) is 1. The standard InChI is InChI=1S/C15H23ClN2O2Si/c1-21(2,3)5-4-19-10-20-15-8-14-11(7-13(15)16)6-12(9-17)18-14/h6-8,18H,4-5,9-10,17H2,1-3H3/i9D2. The first-order valence-electron chi connectivity index (χ1n) is 7.88. The van der Waals surface area contributed by atoms with Gasteiger partial charge in [0.05, 0.1) is 5.02 Å². The second-order valence-corrected chi connectivity index (χ2v) is 12.2. The molecule has 6 heteroatoms. The van der Waals surface area contributed by atoms with Gasteiger partial charge in [-0.25, -0.2) is 0 Å². The van der Waals surface area contributed by atoms with E-state index in [4.69, 9.17) is 29.5 Å². The van der Waals surface area contributed by atoms with E-state index in [9.17, 15) is 0 Å². The third kappa shape index (κ3) is 4.74. The van der Waals surface area contributed by atoms with Gasteiger partial charge >= 0.3 is 0 Å². The van der Waals surface area contributed by atoms with E-state index in [0.717, 1.165) is 16.9 Å². The fraction of sp³-hybridized carbons (Fsp3) is 0.467. The first kappa shape index (κ1) is 13.6. The molecule has 1 aromatic heterocycles. The molecule has 0 spiro atoms. The Balaban J connectivity index is 2.02. The van der Waals surface area contributed by atoms with Gasteiger partial charge in [0.15, 0.2) is 6.79 Å². The molecule has 21 heavy (non-hydrogen) atoms. The Labute approximate surface area is 134 Å². The Hall–Kier alpha value is -1.01. The van der Waals surface area contributed by atoms with Crippen molar-refractivity contribution >= 4 is 30.6 Å². The molecule has 1 aromatic carbocycles. The number of halogens is 1. The predicted octanol–water partition coefficient (Wildman–Crippen LogP) is 3.97. The van der Waals surface area contributed by atoms with Gasteiger partial charge in [-0.05, 0) is 18.2 Å². The smallest absolute Gasteiger partial charge is 0.189 e. The Morgan fingerprint density at radius 3 is 2.76 bits per heavy atom. The van der Waals surface area contributed by atoms with E-state index in [1.165, 1.54) is 0 Å². The molecule has 2 rings (SSSR count). The average molecular weight is 329 g/mol. The predicted molar refractivity (Wildman–Crippen MR) is 90.8 cm³/mol. The number of nitrogens with two attached hydrogens (primary N) is 1. The molecule has 0 bridgehead atoms. The Kier molecular flexibility index (Phi) is 4.44. The van der Waals surface area contributed by atoms with Crippen LogP contribution < -0.4 is 10.5 Å². The van der Waals surface area contributed by atoms with E-state index < -0.39 is 14.6 Å². The largest absolute Gasteiger partial charge is 0.466 e. The summed E-state index contributed by atoms with van der Waals surface area (Å²) in [4.78, 5) is 2.95. The second kappa shape index (κ2) is 6.83. The van der Waals surface area contributed by atoms with Gasteiger partial charge in [0.25, 0.3) is 0 Å². The highest BCUT2D eigenvalue weighted by atomic mass is 35.5. The summed E-state index contributed by atoms with van der Waals surface area (Å²) in [7, 11) is -1.11. The summed E-state index contributed by atoms with van der Waals surface area (Å²) in [5, 5.41) is 1.24. The lowest BCUT2D eigenvalue weighted by atomic mass is 10.2. The molecule has 0 saturated carbocycles. The van der Waals surface area contributed by atoms with Gasteiger partial charge in [0.2, 0.25) is 0 Å². The van der Waals surface area contributed by atoms with Crippen molar-refractivity contribution in [2.75, 3.05) is 13.4 Å². The lowest BCUT2D eigenvalue weighted by Gasteiger charge is -2.15. The van der Waals surface area contributed by atoms with Gasteiger partial charge in [-0.2, -0.15) is 0 Å². The van der Waals surface area contributed by atoms with E-state index in [0.29, 0.717) is 23.1 Å². The van der Waals surface area contributed by atoms with Gasteiger partial charge in [0, 0.05) is 46.6 Å². The lowest BCUT2D eigenvalue weighted by Crippen LogP contribution is -2.22. The molecule has 116 valence electrons. The zero-order valence-electron chi connectivity index (χ0n) is 14.6. The van der Waals surface area contributed by atoms with Crippen LogP contribution in [0.2, 0.25) is 30.7 Å². The highest BCUT2D eigenvalue weighted by Crippen LogP contribution is 2.30. The van der Waals surface area contributed by atoms with Gasteiger partial charge in [0.1, 0.15) is 5.75 Å². The van der Waals surface area contributed by atoms with E-state index in [1.54, 1.807) is 18.2 Å². The summed E-state index contributed by atoms with van der Waals surface area (Å²) in [6.45, 7) is 5.77. The topological polar surface area (TPSA) is 60.3 Å². The van der Waals surface area contributed by atoms with E-state index in [-0.39, 0.29) is 6.79 Å². The van der Waals surface area contributed by atoms with Crippen molar-refractivity contribution < 1.29 is 12.2 Å². The van der Waals surface area contributed by atoms with Crippen molar-refractivity contribution in [3.05, 3.63) is 28.9 Å². The zero-order chi connectivity index (χ0) is 17.3. The number of aromatic nitrogens is 1. The van der Waals surface area contributed by atoms with Crippen LogP contribution in [0.1, 0.15) is 8.44 Å². The van der Waals surface area contributed by atoms with Gasteiger partial charge < -0.3 is 20.2 Å². The second-order valence-electron chi connectivity index (χ2n) is 6.18. The molecule has 2 aromatic rings. The molecule has 0 fully saturated rings. The number of rotatable bonds is 7. The minimum atomic E-state index is -1.92. The van der Waals surface area contributed by atoms with Crippen molar-refractivity contribution in [3.63, 3.8) is 0 Å². The molecule has 0 saturated heterocycles. The summed E-state index contributed by atoms with van der Waals surface area (Å²) in [6.07, 6.45) is 0. The maximum absolute atomic E-state index is 7.55. The normalized spacial score (nSPS) is 14.1. The van der Waals surface area contributed by atoms with Crippen LogP contribution >= 0.6 is 11.6 Å². The van der Waals surface area contributed by atoms with Crippen LogP contribution in [0.25, 0.3) is 10.9 Å². The summed E-state index contributed by atoms with van der Waals surface area (Å²) in [5.41, 5.74) is 6.48. The van der Waals surface area contributed by atoms with Crippen LogP contribution in [0.4, 0.5) is 0 Å². The molecule has 3 N–H and O–H groups in total. The minimum Gasteiger partial charge on any atom is -0.466 e. The maximum Gasteiger partial charge on any atom is 0.189 e. The first-order chi connectivity index (χ1) is 10.6. The van der Waals surface area contributed by atoms with E-state index >= 15 is 0 Å². The lowest BCUT2D eigenvalue weighted by molar-refractivity contribution is 0.0222. The Bertz CT molecular complexity index is 680. The van der Waals surface area contributed by atoms with Crippen LogP contribution in [-0.2, 0) is 11.2 Å². The van der Waals surface area contributed by atoms with Gasteiger partial charge in [-0.1, -0.05) is 31.2 Å². The molecular formula is C15H23ClN2O2Si. The Morgan fingerprint density at radius 2 is 2.10 bits per heavy atom. The molecule has 4 nitrogen and oxygen atoms in total. The molecule has 1 heterocycles. The summed E-state index contributed by atoms with van der Waals surface area (Å²) < 4.78 is 26.2. The number of ether oxygens (including phenoxy) is 2. The van der Waals surface area contributed by atoms with Crippen LogP contribution in [0.3, 0.4) is 0 Å². The number of hydrogen-bond donors (Lipinski definition) is 2. The fourth-order valence-electron chi connectivity index (χ4n) is 1.86. The summed E-state index contributed by atoms with van der Waals surface area (Å²) in [6, 6.07) is 6.18. The van der Waals surface area contributed by atoms with Gasteiger partial charge in [-0.15, -0.1) is 0 Å². The summed E-state index contributed by atoms with van der Waals surface area (Å²) >= 11 is 6.20. The summed E-state index contributed by atoms with van der Waals surface area (Å²) in [5.74, 6) is 0.498. The quantitative estimate of drug-likeness (QED) is 0.459. The molecule has 0 radical (unpaired) electrons. The SMILES string of the molecule is [2H]C([2H])(N)c1cc2cc(Cl)c(OCOCC[Si](C)(C)C)cc2[nH]1.